The molecule has 2 N–H and O–H groups in total. The van der Waals surface area contributed by atoms with Gasteiger partial charge in [-0.05, 0) is 42.0 Å². The van der Waals surface area contributed by atoms with Crippen LogP contribution in [0.2, 0.25) is 0 Å². The SMILES string of the molecule is O=C(Cc1cc(-c2ccncc2)no1)Nc1ccc(-c2cc3c(N4CCOCC4)nccc3[nH]2)cc1. The number of amides is 1. The number of morpholine rings is 1. The van der Waals surface area contributed by atoms with E-state index in [1.807, 2.05) is 48.7 Å². The maximum atomic E-state index is 12.6. The van der Waals surface area contributed by atoms with Crippen molar-refractivity contribution >= 4 is 28.3 Å². The molecule has 180 valence electrons. The third kappa shape index (κ3) is 4.56. The molecule has 0 saturated carbocycles. The van der Waals surface area contributed by atoms with Crippen molar-refractivity contribution in [1.82, 2.24) is 20.1 Å². The average Bonchev–Trinajstić information content (AvgIpc) is 3.57. The van der Waals surface area contributed by atoms with E-state index in [-0.39, 0.29) is 12.3 Å². The molecule has 0 unspecified atom stereocenters. The van der Waals surface area contributed by atoms with E-state index in [9.17, 15) is 4.79 Å². The molecule has 5 aromatic rings. The number of carbonyl (C=O) groups excluding carboxylic acids is 1. The Morgan fingerprint density at radius 1 is 0.972 bits per heavy atom. The molecular formula is C27H24N6O3. The molecule has 1 aliphatic rings. The van der Waals surface area contributed by atoms with E-state index in [1.165, 1.54) is 0 Å². The highest BCUT2D eigenvalue weighted by molar-refractivity contribution is 5.95. The second-order valence-corrected chi connectivity index (χ2v) is 8.59. The van der Waals surface area contributed by atoms with Crippen molar-refractivity contribution in [2.24, 2.45) is 0 Å². The van der Waals surface area contributed by atoms with Crippen molar-refractivity contribution in [2.45, 2.75) is 6.42 Å². The summed E-state index contributed by atoms with van der Waals surface area (Å²) in [5.74, 6) is 1.30. The van der Waals surface area contributed by atoms with Gasteiger partial charge in [-0.2, -0.15) is 0 Å². The van der Waals surface area contributed by atoms with Gasteiger partial charge in [0.2, 0.25) is 5.91 Å². The largest absolute Gasteiger partial charge is 0.378 e. The molecule has 1 saturated heterocycles. The van der Waals surface area contributed by atoms with E-state index in [4.69, 9.17) is 9.26 Å². The summed E-state index contributed by atoms with van der Waals surface area (Å²) in [6.45, 7) is 3.09. The fourth-order valence-electron chi connectivity index (χ4n) is 4.37. The first-order chi connectivity index (χ1) is 17.7. The van der Waals surface area contributed by atoms with E-state index in [2.05, 4.69) is 36.4 Å². The Morgan fingerprint density at radius 2 is 1.78 bits per heavy atom. The smallest absolute Gasteiger partial charge is 0.232 e. The second-order valence-electron chi connectivity index (χ2n) is 8.59. The molecule has 0 radical (unpaired) electrons. The first-order valence-electron chi connectivity index (χ1n) is 11.8. The molecule has 4 aromatic heterocycles. The number of carbonyl (C=O) groups is 1. The van der Waals surface area contributed by atoms with Gasteiger partial charge in [-0.3, -0.25) is 9.78 Å². The van der Waals surface area contributed by atoms with Gasteiger partial charge in [-0.1, -0.05) is 17.3 Å². The Labute approximate surface area is 207 Å². The molecule has 0 atom stereocenters. The van der Waals surface area contributed by atoms with Crippen LogP contribution in [0.5, 0.6) is 0 Å². The highest BCUT2D eigenvalue weighted by Gasteiger charge is 2.17. The number of fused-ring (bicyclic) bond motifs is 1. The summed E-state index contributed by atoms with van der Waals surface area (Å²) < 4.78 is 10.8. The van der Waals surface area contributed by atoms with E-state index in [0.717, 1.165) is 46.6 Å². The standard InChI is InChI=1S/C27H24N6O3/c34-26(16-21-15-25(32-36-21)19-5-8-28-9-6-19)30-20-3-1-18(2-4-20)24-17-22-23(31-24)7-10-29-27(22)33-11-13-35-14-12-33/h1-10,15,17,31H,11-14,16H2,(H,30,34). The van der Waals surface area contributed by atoms with Crippen LogP contribution < -0.4 is 10.2 Å². The van der Waals surface area contributed by atoms with Crippen LogP contribution in [-0.2, 0) is 16.0 Å². The van der Waals surface area contributed by atoms with Crippen LogP contribution in [-0.4, -0.2) is 52.3 Å². The Balaban J connectivity index is 1.14. The molecule has 5 heterocycles. The summed E-state index contributed by atoms with van der Waals surface area (Å²) in [6.07, 6.45) is 5.31. The zero-order valence-electron chi connectivity index (χ0n) is 19.5. The van der Waals surface area contributed by atoms with Crippen LogP contribution in [0.3, 0.4) is 0 Å². The van der Waals surface area contributed by atoms with Crippen molar-refractivity contribution in [2.75, 3.05) is 36.5 Å². The monoisotopic (exact) mass is 480 g/mol. The van der Waals surface area contributed by atoms with Gasteiger partial charge in [0.1, 0.15) is 17.3 Å². The first-order valence-corrected chi connectivity index (χ1v) is 11.8. The van der Waals surface area contributed by atoms with Crippen molar-refractivity contribution < 1.29 is 14.1 Å². The fourth-order valence-corrected chi connectivity index (χ4v) is 4.37. The number of aromatic amines is 1. The maximum Gasteiger partial charge on any atom is 0.232 e. The van der Waals surface area contributed by atoms with Crippen molar-refractivity contribution in [3.05, 3.63) is 78.9 Å². The number of pyridine rings is 2. The predicted molar refractivity (Wildman–Crippen MR) is 137 cm³/mol. The van der Waals surface area contributed by atoms with Gasteiger partial charge in [0.25, 0.3) is 0 Å². The van der Waals surface area contributed by atoms with Gasteiger partial charge in [-0.25, -0.2) is 4.98 Å². The molecular weight excluding hydrogens is 456 g/mol. The third-order valence-corrected chi connectivity index (χ3v) is 6.19. The van der Waals surface area contributed by atoms with E-state index in [0.29, 0.717) is 30.4 Å². The zero-order valence-corrected chi connectivity index (χ0v) is 19.5. The number of benzene rings is 1. The van der Waals surface area contributed by atoms with E-state index < -0.39 is 0 Å². The van der Waals surface area contributed by atoms with E-state index >= 15 is 0 Å². The first kappa shape index (κ1) is 22.0. The van der Waals surface area contributed by atoms with Crippen LogP contribution in [0.15, 0.2) is 77.7 Å². The normalized spacial score (nSPS) is 13.7. The lowest BCUT2D eigenvalue weighted by molar-refractivity contribution is -0.115. The number of anilines is 2. The minimum atomic E-state index is -0.174. The van der Waals surface area contributed by atoms with Crippen LogP contribution >= 0.6 is 0 Å². The van der Waals surface area contributed by atoms with Crippen LogP contribution in [0.4, 0.5) is 11.5 Å². The van der Waals surface area contributed by atoms with Crippen LogP contribution in [0.1, 0.15) is 5.76 Å². The number of rotatable bonds is 6. The van der Waals surface area contributed by atoms with Gasteiger partial charge in [0, 0.05) is 60.1 Å². The quantitative estimate of drug-likeness (QED) is 0.373. The topological polar surface area (TPSA) is 109 Å². The summed E-state index contributed by atoms with van der Waals surface area (Å²) in [6, 6.07) is 17.3. The molecule has 6 rings (SSSR count). The molecule has 1 amide bonds. The fraction of sp³-hybridized carbons (Fsp3) is 0.185. The van der Waals surface area contributed by atoms with Crippen molar-refractivity contribution in [3.8, 4) is 22.5 Å². The lowest BCUT2D eigenvalue weighted by atomic mass is 10.1. The lowest BCUT2D eigenvalue weighted by Crippen LogP contribution is -2.36. The highest BCUT2D eigenvalue weighted by Crippen LogP contribution is 2.30. The van der Waals surface area contributed by atoms with Crippen molar-refractivity contribution in [1.29, 1.82) is 0 Å². The lowest BCUT2D eigenvalue weighted by Gasteiger charge is -2.28. The molecule has 1 aromatic carbocycles. The minimum Gasteiger partial charge on any atom is -0.378 e. The molecule has 9 nitrogen and oxygen atoms in total. The van der Waals surface area contributed by atoms with Gasteiger partial charge in [-0.15, -0.1) is 0 Å². The predicted octanol–water partition coefficient (Wildman–Crippen LogP) is 4.30. The summed E-state index contributed by atoms with van der Waals surface area (Å²) in [7, 11) is 0. The van der Waals surface area contributed by atoms with Crippen molar-refractivity contribution in [3.63, 3.8) is 0 Å². The molecule has 1 fully saturated rings. The summed E-state index contributed by atoms with van der Waals surface area (Å²) >= 11 is 0. The average molecular weight is 481 g/mol. The number of aromatic nitrogens is 4. The molecule has 9 heteroatoms. The molecule has 0 aliphatic carbocycles. The van der Waals surface area contributed by atoms with Gasteiger partial charge >= 0.3 is 0 Å². The molecule has 36 heavy (non-hydrogen) atoms. The Morgan fingerprint density at radius 3 is 2.58 bits per heavy atom. The Hall–Kier alpha value is -4.50. The summed E-state index contributed by atoms with van der Waals surface area (Å²) in [5.41, 5.74) is 5.34. The number of nitrogens with one attached hydrogen (secondary N) is 2. The van der Waals surface area contributed by atoms with E-state index in [1.54, 1.807) is 18.5 Å². The van der Waals surface area contributed by atoms with Gasteiger partial charge < -0.3 is 24.5 Å². The maximum absolute atomic E-state index is 12.6. The number of nitrogens with zero attached hydrogens (tertiary/aromatic N) is 4. The Bertz CT molecular complexity index is 1490. The molecule has 0 spiro atoms. The summed E-state index contributed by atoms with van der Waals surface area (Å²) in [5, 5.41) is 8.05. The number of hydrogen-bond donors (Lipinski definition) is 2. The Kier molecular flexibility index (Phi) is 5.88. The second kappa shape index (κ2) is 9.63. The number of hydrogen-bond acceptors (Lipinski definition) is 7. The minimum absolute atomic E-state index is 0.0964. The third-order valence-electron chi connectivity index (χ3n) is 6.19. The number of ether oxygens (including phenoxy) is 1. The van der Waals surface area contributed by atoms with Gasteiger partial charge in [0.15, 0.2) is 0 Å². The number of H-pyrrole nitrogens is 1. The highest BCUT2D eigenvalue weighted by atomic mass is 16.5. The van der Waals surface area contributed by atoms with Crippen LogP contribution in [0, 0.1) is 0 Å². The summed E-state index contributed by atoms with van der Waals surface area (Å²) in [4.78, 5) is 26.9. The zero-order chi connectivity index (χ0) is 24.3. The van der Waals surface area contributed by atoms with Gasteiger partial charge in [0.05, 0.1) is 25.2 Å². The van der Waals surface area contributed by atoms with Crippen LogP contribution in [0.25, 0.3) is 33.4 Å². The molecule has 0 bridgehead atoms. The molecule has 1 aliphatic heterocycles.